The normalized spacial score (nSPS) is 15.5. The first kappa shape index (κ1) is 21.0. The number of aryl methyl sites for hydroxylation is 2. The Bertz CT molecular complexity index is 1060. The fraction of sp³-hybridized carbons (Fsp3) is 0.350. The number of rotatable bonds is 6. The maximum absolute atomic E-state index is 12.9. The molecule has 3 aromatic rings. The van der Waals surface area contributed by atoms with E-state index in [1.54, 1.807) is 23.9 Å². The van der Waals surface area contributed by atoms with Gasteiger partial charge in [0, 0.05) is 10.4 Å². The van der Waals surface area contributed by atoms with Gasteiger partial charge in [0.15, 0.2) is 9.47 Å². The summed E-state index contributed by atoms with van der Waals surface area (Å²) in [5, 5.41) is 14.9. The molecule has 0 radical (unpaired) electrons. The summed E-state index contributed by atoms with van der Waals surface area (Å²) in [6.45, 7) is 4.03. The Balaban J connectivity index is 1.47. The van der Waals surface area contributed by atoms with Crippen molar-refractivity contribution in [3.05, 3.63) is 46.0 Å². The van der Waals surface area contributed by atoms with Crippen molar-refractivity contribution in [2.75, 3.05) is 16.4 Å². The molecule has 30 heavy (non-hydrogen) atoms. The zero-order chi connectivity index (χ0) is 21.1. The summed E-state index contributed by atoms with van der Waals surface area (Å²) in [6.07, 6.45) is 2.50. The van der Waals surface area contributed by atoms with Crippen LogP contribution in [-0.2, 0) is 11.2 Å². The third kappa shape index (κ3) is 4.71. The fourth-order valence-electron chi connectivity index (χ4n) is 3.24. The molecule has 2 heterocycles. The lowest BCUT2D eigenvalue weighted by Crippen LogP contribution is -2.24. The van der Waals surface area contributed by atoms with Crippen LogP contribution in [0.4, 0.5) is 10.3 Å². The highest BCUT2D eigenvalue weighted by molar-refractivity contribution is 8.01. The number of hydrogen-bond acceptors (Lipinski definition) is 8. The highest BCUT2D eigenvalue weighted by atomic mass is 32.2. The molecule has 2 amide bonds. The van der Waals surface area contributed by atoms with Crippen molar-refractivity contribution >= 4 is 56.5 Å². The maximum Gasteiger partial charge on any atom is 0.257 e. The Morgan fingerprint density at radius 2 is 1.93 bits per heavy atom. The summed E-state index contributed by atoms with van der Waals surface area (Å²) in [5.41, 5.74) is 2.44. The van der Waals surface area contributed by atoms with Crippen LogP contribution in [0.5, 0.6) is 0 Å². The van der Waals surface area contributed by atoms with E-state index < -0.39 is 0 Å². The summed E-state index contributed by atoms with van der Waals surface area (Å²) < 4.78 is 0.840. The predicted molar refractivity (Wildman–Crippen MR) is 122 cm³/mol. The van der Waals surface area contributed by atoms with Gasteiger partial charge in [-0.1, -0.05) is 47.7 Å². The molecule has 0 saturated carbocycles. The van der Waals surface area contributed by atoms with Crippen molar-refractivity contribution in [1.29, 1.82) is 0 Å². The number of hydrogen-bond donors (Lipinski definition) is 2. The topological polar surface area (TPSA) is 96.9 Å². The van der Waals surface area contributed by atoms with Crippen molar-refractivity contribution < 1.29 is 9.59 Å². The summed E-state index contributed by atoms with van der Waals surface area (Å²) in [4.78, 5) is 31.0. The second-order valence-electron chi connectivity index (χ2n) is 6.89. The molecule has 1 aliphatic carbocycles. The average Bonchev–Trinajstić information content (AvgIpc) is 3.34. The molecule has 10 heteroatoms. The smallest absolute Gasteiger partial charge is 0.257 e. The zero-order valence-electron chi connectivity index (χ0n) is 16.6. The molecule has 2 aromatic heterocycles. The summed E-state index contributed by atoms with van der Waals surface area (Å²) in [7, 11) is 0. The van der Waals surface area contributed by atoms with Gasteiger partial charge in [0.05, 0.1) is 11.6 Å². The molecule has 0 bridgehead atoms. The van der Waals surface area contributed by atoms with E-state index in [2.05, 4.69) is 25.8 Å². The van der Waals surface area contributed by atoms with Crippen LogP contribution in [0.1, 0.15) is 52.2 Å². The van der Waals surface area contributed by atoms with Crippen LogP contribution in [0.2, 0.25) is 0 Å². The van der Waals surface area contributed by atoms with Crippen LogP contribution in [0.15, 0.2) is 28.6 Å². The number of nitrogens with one attached hydrogen (secondary N) is 2. The van der Waals surface area contributed by atoms with E-state index in [1.165, 1.54) is 22.7 Å². The Labute approximate surface area is 186 Å². The molecular weight excluding hydrogens is 438 g/mol. The largest absolute Gasteiger partial charge is 0.300 e. The van der Waals surface area contributed by atoms with Crippen molar-refractivity contribution in [2.24, 2.45) is 0 Å². The summed E-state index contributed by atoms with van der Waals surface area (Å²) in [6, 6.07) is 7.39. The second kappa shape index (κ2) is 9.23. The number of benzene rings is 1. The van der Waals surface area contributed by atoms with Crippen molar-refractivity contribution in [3.63, 3.8) is 0 Å². The third-order valence-electron chi connectivity index (χ3n) is 4.71. The van der Waals surface area contributed by atoms with Gasteiger partial charge in [0.25, 0.3) is 5.91 Å². The second-order valence-corrected chi connectivity index (χ2v) is 10.5. The van der Waals surface area contributed by atoms with Gasteiger partial charge in [-0.2, -0.15) is 0 Å². The number of carbonyl (C=O) groups is 2. The van der Waals surface area contributed by atoms with Gasteiger partial charge in [-0.05, 0) is 44.1 Å². The Morgan fingerprint density at radius 1 is 1.13 bits per heavy atom. The number of nitrogens with zero attached hydrogens (tertiary/aromatic N) is 3. The maximum atomic E-state index is 12.9. The molecule has 7 nitrogen and oxygen atoms in total. The molecule has 0 aliphatic heterocycles. The molecule has 4 rings (SSSR count). The molecule has 1 aromatic carbocycles. The van der Waals surface area contributed by atoms with Gasteiger partial charge >= 0.3 is 0 Å². The number of amides is 2. The Hall–Kier alpha value is -2.30. The van der Waals surface area contributed by atoms with Gasteiger partial charge in [0.1, 0.15) is 0 Å². The van der Waals surface area contributed by atoms with Crippen molar-refractivity contribution in [1.82, 2.24) is 15.2 Å². The van der Waals surface area contributed by atoms with E-state index in [0.29, 0.717) is 15.8 Å². The van der Waals surface area contributed by atoms with Crippen LogP contribution >= 0.6 is 34.4 Å². The number of carbonyl (C=O) groups excluding carboxylic acids is 2. The van der Waals surface area contributed by atoms with Gasteiger partial charge in [-0.25, -0.2) is 4.98 Å². The van der Waals surface area contributed by atoms with Gasteiger partial charge in [0.2, 0.25) is 11.0 Å². The molecule has 156 valence electrons. The first-order chi connectivity index (χ1) is 14.5. The van der Waals surface area contributed by atoms with Crippen LogP contribution in [0, 0.1) is 6.92 Å². The van der Waals surface area contributed by atoms with Crippen LogP contribution in [-0.4, -0.2) is 32.7 Å². The Morgan fingerprint density at radius 3 is 2.70 bits per heavy atom. The SMILES string of the molecule is CCSc1nnc(NC(=O)C2CCCc3sc(NC(=O)c4ccc(C)cc4)nc32)s1. The van der Waals surface area contributed by atoms with E-state index >= 15 is 0 Å². The lowest BCUT2D eigenvalue weighted by Gasteiger charge is -2.19. The minimum atomic E-state index is -0.346. The van der Waals surface area contributed by atoms with E-state index in [0.717, 1.165) is 45.5 Å². The zero-order valence-corrected chi connectivity index (χ0v) is 19.0. The number of thioether (sulfide) groups is 1. The summed E-state index contributed by atoms with van der Waals surface area (Å²) in [5.74, 6) is 0.241. The molecule has 1 aliphatic rings. The molecular formula is C20H21N5O2S3. The molecule has 1 atom stereocenters. The lowest BCUT2D eigenvalue weighted by atomic mass is 9.90. The van der Waals surface area contributed by atoms with Crippen LogP contribution in [0.3, 0.4) is 0 Å². The number of anilines is 2. The molecule has 2 N–H and O–H groups in total. The monoisotopic (exact) mass is 459 g/mol. The molecule has 0 spiro atoms. The molecule has 0 fully saturated rings. The fourth-order valence-corrected chi connectivity index (χ4v) is 5.95. The quantitative estimate of drug-likeness (QED) is 0.409. The van der Waals surface area contributed by atoms with E-state index in [-0.39, 0.29) is 17.7 Å². The third-order valence-corrected chi connectivity index (χ3v) is 7.61. The number of thiazole rings is 1. The number of fused-ring (bicyclic) bond motifs is 1. The minimum Gasteiger partial charge on any atom is -0.300 e. The highest BCUT2D eigenvalue weighted by Crippen LogP contribution is 2.38. The van der Waals surface area contributed by atoms with Gasteiger partial charge in [-0.3, -0.25) is 20.2 Å². The van der Waals surface area contributed by atoms with E-state index in [4.69, 9.17) is 0 Å². The van der Waals surface area contributed by atoms with E-state index in [1.807, 2.05) is 26.0 Å². The average molecular weight is 460 g/mol. The number of aromatic nitrogens is 3. The first-order valence-electron chi connectivity index (χ1n) is 9.68. The first-order valence-corrected chi connectivity index (χ1v) is 12.3. The highest BCUT2D eigenvalue weighted by Gasteiger charge is 2.31. The minimum absolute atomic E-state index is 0.123. The van der Waals surface area contributed by atoms with Gasteiger partial charge in [-0.15, -0.1) is 21.5 Å². The standard InChI is InChI=1S/C20H21N5O2S3/c1-3-28-20-25-24-19(30-20)23-17(27)13-5-4-6-14-15(13)21-18(29-14)22-16(26)12-9-7-11(2)8-10-12/h7-10,13H,3-6H2,1-2H3,(H,21,22,26)(H,23,24,27). The summed E-state index contributed by atoms with van der Waals surface area (Å²) >= 11 is 4.42. The predicted octanol–water partition coefficient (Wildman–Crippen LogP) is 4.73. The molecule has 0 saturated heterocycles. The Kier molecular flexibility index (Phi) is 6.45. The van der Waals surface area contributed by atoms with E-state index in [9.17, 15) is 9.59 Å². The van der Waals surface area contributed by atoms with Crippen molar-refractivity contribution in [3.8, 4) is 0 Å². The van der Waals surface area contributed by atoms with Crippen LogP contribution < -0.4 is 10.6 Å². The van der Waals surface area contributed by atoms with Crippen LogP contribution in [0.25, 0.3) is 0 Å². The molecule has 1 unspecified atom stereocenters. The van der Waals surface area contributed by atoms with Gasteiger partial charge < -0.3 is 0 Å². The van der Waals surface area contributed by atoms with Crippen molar-refractivity contribution in [2.45, 2.75) is 43.4 Å². The lowest BCUT2D eigenvalue weighted by molar-refractivity contribution is -0.117.